The van der Waals surface area contributed by atoms with Gasteiger partial charge in [0.1, 0.15) is 11.4 Å². The molecule has 0 saturated heterocycles. The number of pyridine rings is 2. The van der Waals surface area contributed by atoms with Crippen molar-refractivity contribution in [2.45, 2.75) is 13.1 Å². The molecule has 0 spiro atoms. The third-order valence-corrected chi connectivity index (χ3v) is 6.31. The molecule has 0 unspecified atom stereocenters. The number of azo groups is 1. The lowest BCUT2D eigenvalue weighted by molar-refractivity contribution is 1.06. The number of benzene rings is 4. The molecule has 38 heavy (non-hydrogen) atoms. The minimum atomic E-state index is 0.592. The Hall–Kier alpha value is -5.10. The van der Waals surface area contributed by atoms with Crippen LogP contribution in [-0.2, 0) is 13.1 Å². The molecule has 6 nitrogen and oxygen atoms in total. The fourth-order valence-electron chi connectivity index (χ4n) is 4.31. The van der Waals surface area contributed by atoms with Crippen LogP contribution in [0.25, 0.3) is 21.8 Å². The Morgan fingerprint density at radius 2 is 0.868 bits per heavy atom. The van der Waals surface area contributed by atoms with E-state index in [-0.39, 0.29) is 0 Å². The Morgan fingerprint density at radius 3 is 1.37 bits per heavy atom. The average molecular weight is 495 g/mol. The summed E-state index contributed by atoms with van der Waals surface area (Å²) in [6, 6.07) is 40.4. The van der Waals surface area contributed by atoms with Crippen molar-refractivity contribution in [3.63, 3.8) is 0 Å². The van der Waals surface area contributed by atoms with Crippen LogP contribution in [0.1, 0.15) is 11.4 Å². The van der Waals surface area contributed by atoms with Gasteiger partial charge in [-0.1, -0.05) is 72.8 Å². The molecule has 2 heterocycles. The molecule has 4 aromatic carbocycles. The zero-order valence-corrected chi connectivity index (χ0v) is 20.8. The van der Waals surface area contributed by atoms with E-state index in [0.29, 0.717) is 13.1 Å². The van der Waals surface area contributed by atoms with Crippen LogP contribution in [0.15, 0.2) is 132 Å². The maximum Gasteiger partial charge on any atom is 0.109 e. The summed E-state index contributed by atoms with van der Waals surface area (Å²) in [6.07, 6.45) is 0. The second-order valence-corrected chi connectivity index (χ2v) is 8.93. The largest absolute Gasteiger partial charge is 0.378 e. The predicted molar refractivity (Wildman–Crippen MR) is 155 cm³/mol. The van der Waals surface area contributed by atoms with Crippen molar-refractivity contribution in [1.82, 2.24) is 9.97 Å². The van der Waals surface area contributed by atoms with Gasteiger partial charge >= 0.3 is 0 Å². The molecule has 0 amide bonds. The van der Waals surface area contributed by atoms with Crippen molar-refractivity contribution < 1.29 is 0 Å². The second kappa shape index (κ2) is 10.9. The first kappa shape index (κ1) is 23.3. The fourth-order valence-corrected chi connectivity index (χ4v) is 4.31. The van der Waals surface area contributed by atoms with Crippen LogP contribution in [0.2, 0.25) is 0 Å². The van der Waals surface area contributed by atoms with Gasteiger partial charge in [0.15, 0.2) is 0 Å². The second-order valence-electron chi connectivity index (χ2n) is 8.93. The smallest absolute Gasteiger partial charge is 0.109 e. The van der Waals surface area contributed by atoms with Gasteiger partial charge < -0.3 is 10.6 Å². The quantitative estimate of drug-likeness (QED) is 0.208. The van der Waals surface area contributed by atoms with Crippen LogP contribution < -0.4 is 10.6 Å². The number of hydrogen-bond donors (Lipinski definition) is 2. The molecular formula is C32H26N6. The van der Waals surface area contributed by atoms with Crippen molar-refractivity contribution in [3.05, 3.63) is 133 Å². The molecule has 0 bridgehead atoms. The summed E-state index contributed by atoms with van der Waals surface area (Å²) in [7, 11) is 0. The molecular weight excluding hydrogens is 468 g/mol. The van der Waals surface area contributed by atoms with E-state index in [1.807, 2.05) is 97.1 Å². The highest BCUT2D eigenvalue weighted by molar-refractivity contribution is 5.79. The van der Waals surface area contributed by atoms with Crippen LogP contribution in [0.5, 0.6) is 0 Å². The maximum absolute atomic E-state index is 4.76. The molecule has 0 fully saturated rings. The molecule has 0 radical (unpaired) electrons. The number of aromatic nitrogens is 2. The normalized spacial score (nSPS) is 11.3. The van der Waals surface area contributed by atoms with Crippen LogP contribution >= 0.6 is 0 Å². The highest BCUT2D eigenvalue weighted by atomic mass is 15.1. The first-order valence-corrected chi connectivity index (χ1v) is 12.6. The highest BCUT2D eigenvalue weighted by Crippen LogP contribution is 2.30. The van der Waals surface area contributed by atoms with E-state index < -0.39 is 0 Å². The predicted octanol–water partition coefficient (Wildman–Crippen LogP) is 8.42. The lowest BCUT2D eigenvalue weighted by Crippen LogP contribution is -2.02. The molecule has 0 aliphatic rings. The molecule has 184 valence electrons. The number of anilines is 2. The van der Waals surface area contributed by atoms with Gasteiger partial charge in [0, 0.05) is 10.8 Å². The summed E-state index contributed by atoms with van der Waals surface area (Å²) in [6.45, 7) is 1.18. The minimum absolute atomic E-state index is 0.592. The standard InChI is InChI=1S/C32H26N6/c1-3-11-27-23(9-1)17-19-25(35-27)21-33-29-13-5-7-15-31(29)37-38-32-16-8-6-14-30(32)34-22-26-20-18-24-10-2-4-12-28(24)36-26/h1-20,33-34H,21-22H2. The van der Waals surface area contributed by atoms with Crippen LogP contribution in [0.3, 0.4) is 0 Å². The third kappa shape index (κ3) is 5.34. The molecule has 0 aliphatic carbocycles. The zero-order valence-electron chi connectivity index (χ0n) is 20.8. The van der Waals surface area contributed by atoms with E-state index >= 15 is 0 Å². The lowest BCUT2D eigenvalue weighted by atomic mass is 10.2. The van der Waals surface area contributed by atoms with Crippen molar-refractivity contribution >= 4 is 44.6 Å². The zero-order chi connectivity index (χ0) is 25.6. The lowest BCUT2D eigenvalue weighted by Gasteiger charge is -2.10. The van der Waals surface area contributed by atoms with E-state index in [1.165, 1.54) is 0 Å². The average Bonchev–Trinajstić information content (AvgIpc) is 2.98. The van der Waals surface area contributed by atoms with Crippen molar-refractivity contribution in [2.75, 3.05) is 10.6 Å². The van der Waals surface area contributed by atoms with E-state index in [2.05, 4.69) is 45.1 Å². The van der Waals surface area contributed by atoms with Crippen molar-refractivity contribution in [2.24, 2.45) is 10.2 Å². The number of fused-ring (bicyclic) bond motifs is 2. The molecule has 2 aromatic heterocycles. The Morgan fingerprint density at radius 1 is 0.447 bits per heavy atom. The fraction of sp³-hybridized carbons (Fsp3) is 0.0625. The van der Waals surface area contributed by atoms with Crippen molar-refractivity contribution in [1.29, 1.82) is 0 Å². The number of nitrogens with zero attached hydrogens (tertiary/aromatic N) is 4. The molecule has 6 aromatic rings. The van der Waals surface area contributed by atoms with E-state index in [4.69, 9.17) is 9.97 Å². The maximum atomic E-state index is 4.76. The number of nitrogens with one attached hydrogen (secondary N) is 2. The summed E-state index contributed by atoms with van der Waals surface area (Å²) in [5, 5.41) is 18.4. The number of hydrogen-bond acceptors (Lipinski definition) is 6. The van der Waals surface area contributed by atoms with Gasteiger partial charge in [0.25, 0.3) is 0 Å². The first-order chi connectivity index (χ1) is 18.8. The van der Waals surface area contributed by atoms with Gasteiger partial charge in [-0.15, -0.1) is 10.2 Å². The molecule has 2 N–H and O–H groups in total. The van der Waals surface area contributed by atoms with Crippen molar-refractivity contribution in [3.8, 4) is 0 Å². The molecule has 0 atom stereocenters. The van der Waals surface area contributed by atoms with Gasteiger partial charge in [-0.3, -0.25) is 9.97 Å². The SMILES string of the molecule is c1ccc(NCc2ccc3ccccc3n2)c(N=Nc2ccccc2NCc2ccc3ccccc3n2)c1. The summed E-state index contributed by atoms with van der Waals surface area (Å²) in [5.41, 5.74) is 7.23. The Labute approximate surface area is 221 Å². The van der Waals surface area contributed by atoms with Gasteiger partial charge in [-0.25, -0.2) is 0 Å². The number of para-hydroxylation sites is 4. The van der Waals surface area contributed by atoms with Crippen LogP contribution in [-0.4, -0.2) is 9.97 Å². The number of rotatable bonds is 8. The van der Waals surface area contributed by atoms with Gasteiger partial charge in [0.2, 0.25) is 0 Å². The monoisotopic (exact) mass is 494 g/mol. The van der Waals surface area contributed by atoms with E-state index in [1.54, 1.807) is 0 Å². The molecule has 0 aliphatic heterocycles. The van der Waals surface area contributed by atoms with Crippen LogP contribution in [0, 0.1) is 0 Å². The summed E-state index contributed by atoms with van der Waals surface area (Å²) in [4.78, 5) is 9.51. The Kier molecular flexibility index (Phi) is 6.68. The summed E-state index contributed by atoms with van der Waals surface area (Å²) in [5.74, 6) is 0. The third-order valence-electron chi connectivity index (χ3n) is 6.31. The topological polar surface area (TPSA) is 74.6 Å². The Bertz CT molecular complexity index is 1610. The van der Waals surface area contributed by atoms with E-state index in [0.717, 1.165) is 55.9 Å². The summed E-state index contributed by atoms with van der Waals surface area (Å²) < 4.78 is 0. The molecule has 6 rings (SSSR count). The molecule has 6 heteroatoms. The van der Waals surface area contributed by atoms with Gasteiger partial charge in [0.05, 0.1) is 46.9 Å². The van der Waals surface area contributed by atoms with Gasteiger partial charge in [-0.05, 0) is 48.5 Å². The van der Waals surface area contributed by atoms with Gasteiger partial charge in [-0.2, -0.15) is 0 Å². The first-order valence-electron chi connectivity index (χ1n) is 12.6. The molecule has 0 saturated carbocycles. The minimum Gasteiger partial charge on any atom is -0.378 e. The Balaban J connectivity index is 1.16. The van der Waals surface area contributed by atoms with E-state index in [9.17, 15) is 0 Å². The highest BCUT2D eigenvalue weighted by Gasteiger charge is 2.05. The summed E-state index contributed by atoms with van der Waals surface area (Å²) >= 11 is 0. The van der Waals surface area contributed by atoms with Crippen LogP contribution in [0.4, 0.5) is 22.7 Å².